The van der Waals surface area contributed by atoms with Crippen LogP contribution in [0.3, 0.4) is 0 Å². The van der Waals surface area contributed by atoms with Crippen LogP contribution in [0.15, 0.2) is 42.7 Å². The van der Waals surface area contributed by atoms with Crippen molar-refractivity contribution in [1.82, 2.24) is 14.9 Å². The van der Waals surface area contributed by atoms with Crippen LogP contribution in [0.2, 0.25) is 5.02 Å². The first-order valence-corrected chi connectivity index (χ1v) is 10.2. The van der Waals surface area contributed by atoms with Crippen molar-refractivity contribution in [3.63, 3.8) is 0 Å². The van der Waals surface area contributed by atoms with Crippen molar-refractivity contribution in [2.45, 2.75) is 19.3 Å². The molecule has 0 atom stereocenters. The first-order chi connectivity index (χ1) is 13.7. The minimum absolute atomic E-state index is 0.722. The van der Waals surface area contributed by atoms with E-state index in [2.05, 4.69) is 32.0 Å². The molecule has 28 heavy (non-hydrogen) atoms. The van der Waals surface area contributed by atoms with Gasteiger partial charge in [-0.2, -0.15) is 5.26 Å². The van der Waals surface area contributed by atoms with Gasteiger partial charge < -0.3 is 9.88 Å². The van der Waals surface area contributed by atoms with Crippen LogP contribution in [0, 0.1) is 11.3 Å². The predicted molar refractivity (Wildman–Crippen MR) is 114 cm³/mol. The van der Waals surface area contributed by atoms with Crippen molar-refractivity contribution in [2.75, 3.05) is 37.6 Å². The van der Waals surface area contributed by atoms with Crippen molar-refractivity contribution < 1.29 is 0 Å². The number of benzene rings is 1. The van der Waals surface area contributed by atoms with Crippen LogP contribution in [0.1, 0.15) is 24.0 Å². The zero-order valence-corrected chi connectivity index (χ0v) is 16.6. The third kappa shape index (κ3) is 4.14. The van der Waals surface area contributed by atoms with Gasteiger partial charge in [0.1, 0.15) is 5.82 Å². The Morgan fingerprint density at radius 1 is 1.14 bits per heavy atom. The molecule has 1 saturated heterocycles. The third-order valence-electron chi connectivity index (χ3n) is 5.48. The van der Waals surface area contributed by atoms with Gasteiger partial charge in [-0.25, -0.2) is 4.98 Å². The Hall–Kier alpha value is -2.55. The van der Waals surface area contributed by atoms with Gasteiger partial charge in [0.25, 0.3) is 0 Å². The van der Waals surface area contributed by atoms with Gasteiger partial charge in [-0.1, -0.05) is 11.6 Å². The molecule has 144 valence electrons. The lowest BCUT2D eigenvalue weighted by atomic mass is 10.1. The van der Waals surface area contributed by atoms with Crippen LogP contribution >= 0.6 is 11.6 Å². The number of H-pyrrole nitrogens is 1. The van der Waals surface area contributed by atoms with Crippen LogP contribution in [0.25, 0.3) is 10.9 Å². The lowest BCUT2D eigenvalue weighted by molar-refractivity contribution is 0.252. The summed E-state index contributed by atoms with van der Waals surface area (Å²) in [5.74, 6) is 0.903. The summed E-state index contributed by atoms with van der Waals surface area (Å²) in [6.45, 7) is 5.15. The Kier molecular flexibility index (Phi) is 5.80. The average molecular weight is 394 g/mol. The summed E-state index contributed by atoms with van der Waals surface area (Å²) in [5, 5.41) is 11.0. The topological polar surface area (TPSA) is 59.0 Å². The predicted octanol–water partition coefficient (Wildman–Crippen LogP) is 4.23. The van der Waals surface area contributed by atoms with E-state index in [4.69, 9.17) is 16.9 Å². The van der Waals surface area contributed by atoms with Gasteiger partial charge in [-0.3, -0.25) is 4.90 Å². The second-order valence-electron chi connectivity index (χ2n) is 7.28. The highest BCUT2D eigenvalue weighted by atomic mass is 35.5. The number of nitrogens with zero attached hydrogens (tertiary/aromatic N) is 4. The highest BCUT2D eigenvalue weighted by molar-refractivity contribution is 6.32. The quantitative estimate of drug-likeness (QED) is 0.636. The summed E-state index contributed by atoms with van der Waals surface area (Å²) in [6, 6.07) is 11.8. The zero-order chi connectivity index (χ0) is 19.3. The van der Waals surface area contributed by atoms with Gasteiger partial charge in [0.2, 0.25) is 0 Å². The summed E-state index contributed by atoms with van der Waals surface area (Å²) in [5.41, 5.74) is 3.14. The SMILES string of the molecule is N#Cc1ccc2[nH]cc(CCCCN3CCN(c4ncccc4Cl)CC3)c2c1. The number of hydrogen-bond donors (Lipinski definition) is 1. The van der Waals surface area contributed by atoms with Crippen LogP contribution in [0.4, 0.5) is 5.82 Å². The smallest absolute Gasteiger partial charge is 0.147 e. The molecule has 0 unspecified atom stereocenters. The summed E-state index contributed by atoms with van der Waals surface area (Å²) in [7, 11) is 0. The van der Waals surface area contributed by atoms with E-state index < -0.39 is 0 Å². The van der Waals surface area contributed by atoms with E-state index in [0.29, 0.717) is 0 Å². The maximum Gasteiger partial charge on any atom is 0.147 e. The zero-order valence-electron chi connectivity index (χ0n) is 15.9. The number of rotatable bonds is 6. The van der Waals surface area contributed by atoms with E-state index in [1.807, 2.05) is 30.3 Å². The highest BCUT2D eigenvalue weighted by Crippen LogP contribution is 2.24. The summed E-state index contributed by atoms with van der Waals surface area (Å²) >= 11 is 6.27. The van der Waals surface area contributed by atoms with E-state index in [-0.39, 0.29) is 0 Å². The first kappa shape index (κ1) is 18.8. The molecule has 1 aliphatic rings. The molecule has 4 rings (SSSR count). The fraction of sp³-hybridized carbons (Fsp3) is 0.364. The molecule has 1 aliphatic heterocycles. The number of pyridine rings is 1. The molecule has 5 nitrogen and oxygen atoms in total. The second-order valence-corrected chi connectivity index (χ2v) is 7.69. The molecule has 1 N–H and O–H groups in total. The van der Waals surface area contributed by atoms with Crippen LogP contribution in [-0.4, -0.2) is 47.6 Å². The molecular formula is C22H24ClN5. The number of fused-ring (bicyclic) bond motifs is 1. The van der Waals surface area contributed by atoms with Crippen molar-refractivity contribution in [3.05, 3.63) is 58.9 Å². The van der Waals surface area contributed by atoms with E-state index in [1.54, 1.807) is 6.20 Å². The normalized spacial score (nSPS) is 15.1. The Labute approximate surface area is 170 Å². The molecule has 3 heterocycles. The van der Waals surface area contributed by atoms with Gasteiger partial charge in [-0.05, 0) is 61.7 Å². The lowest BCUT2D eigenvalue weighted by Crippen LogP contribution is -2.47. The Bertz CT molecular complexity index is 982. The largest absolute Gasteiger partial charge is 0.361 e. The number of aryl methyl sites for hydroxylation is 1. The van der Waals surface area contributed by atoms with E-state index in [0.717, 1.165) is 67.5 Å². The van der Waals surface area contributed by atoms with Crippen molar-refractivity contribution in [1.29, 1.82) is 5.26 Å². The summed E-state index contributed by atoms with van der Waals surface area (Å²) in [6.07, 6.45) is 7.25. The number of aromatic nitrogens is 2. The van der Waals surface area contributed by atoms with Gasteiger partial charge in [0, 0.05) is 49.5 Å². The maximum absolute atomic E-state index is 9.11. The highest BCUT2D eigenvalue weighted by Gasteiger charge is 2.19. The van der Waals surface area contributed by atoms with E-state index in [9.17, 15) is 0 Å². The minimum atomic E-state index is 0.722. The number of piperazine rings is 1. The first-order valence-electron chi connectivity index (χ1n) is 9.82. The fourth-order valence-electron chi connectivity index (χ4n) is 3.90. The van der Waals surface area contributed by atoms with Gasteiger partial charge in [-0.15, -0.1) is 0 Å². The molecule has 6 heteroatoms. The van der Waals surface area contributed by atoms with Crippen molar-refractivity contribution >= 4 is 28.3 Å². The number of nitriles is 1. The molecule has 3 aromatic rings. The van der Waals surface area contributed by atoms with E-state index in [1.165, 1.54) is 17.4 Å². The monoisotopic (exact) mass is 393 g/mol. The van der Waals surface area contributed by atoms with Gasteiger partial charge >= 0.3 is 0 Å². The summed E-state index contributed by atoms with van der Waals surface area (Å²) in [4.78, 5) is 12.5. The standard InChI is InChI=1S/C22H24ClN5/c23-20-5-3-8-25-22(20)28-12-10-27(11-13-28)9-2-1-4-18-16-26-21-7-6-17(15-24)14-19(18)21/h3,5-8,14,16,26H,1-2,4,9-13H2. The number of hydrogen-bond acceptors (Lipinski definition) is 4. The molecule has 0 bridgehead atoms. The molecule has 1 aromatic carbocycles. The van der Waals surface area contributed by atoms with E-state index >= 15 is 0 Å². The third-order valence-corrected chi connectivity index (χ3v) is 5.77. The fourth-order valence-corrected chi connectivity index (χ4v) is 4.14. The number of halogens is 1. The molecule has 0 spiro atoms. The Balaban J connectivity index is 1.24. The van der Waals surface area contributed by atoms with Gasteiger partial charge in [0.05, 0.1) is 16.7 Å². The van der Waals surface area contributed by atoms with Gasteiger partial charge in [0.15, 0.2) is 0 Å². The molecular weight excluding hydrogens is 370 g/mol. The van der Waals surface area contributed by atoms with Crippen LogP contribution in [-0.2, 0) is 6.42 Å². The van der Waals surface area contributed by atoms with Crippen LogP contribution in [0.5, 0.6) is 0 Å². The molecule has 0 amide bonds. The molecule has 1 fully saturated rings. The number of anilines is 1. The average Bonchev–Trinajstić information content (AvgIpc) is 3.14. The lowest BCUT2D eigenvalue weighted by Gasteiger charge is -2.35. The molecule has 0 radical (unpaired) electrons. The number of aromatic amines is 1. The number of nitrogens with one attached hydrogen (secondary N) is 1. The molecule has 2 aromatic heterocycles. The van der Waals surface area contributed by atoms with Crippen molar-refractivity contribution in [3.8, 4) is 6.07 Å². The molecule has 0 aliphatic carbocycles. The Morgan fingerprint density at radius 2 is 2.00 bits per heavy atom. The van der Waals surface area contributed by atoms with Crippen molar-refractivity contribution in [2.24, 2.45) is 0 Å². The maximum atomic E-state index is 9.11. The van der Waals surface area contributed by atoms with Crippen LogP contribution < -0.4 is 4.90 Å². The second kappa shape index (κ2) is 8.64. The number of unbranched alkanes of at least 4 members (excludes halogenated alkanes) is 1. The molecule has 0 saturated carbocycles. The Morgan fingerprint density at radius 3 is 2.79 bits per heavy atom. The minimum Gasteiger partial charge on any atom is -0.361 e. The summed E-state index contributed by atoms with van der Waals surface area (Å²) < 4.78 is 0.